The van der Waals surface area contributed by atoms with Gasteiger partial charge in [0.25, 0.3) is 11.5 Å². The molecule has 1 aromatic carbocycles. The molecule has 198 valence electrons. The van der Waals surface area contributed by atoms with E-state index in [1.807, 2.05) is 0 Å². The number of ether oxygens (including phenoxy) is 1. The second kappa shape index (κ2) is 10.3. The highest BCUT2D eigenvalue weighted by molar-refractivity contribution is 6.42. The van der Waals surface area contributed by atoms with Crippen molar-refractivity contribution in [3.05, 3.63) is 73.6 Å². The maximum absolute atomic E-state index is 14.7. The summed E-state index contributed by atoms with van der Waals surface area (Å²) in [5.74, 6) is -4.66. The van der Waals surface area contributed by atoms with Gasteiger partial charge in [-0.05, 0) is 36.6 Å². The van der Waals surface area contributed by atoms with E-state index in [0.717, 1.165) is 6.07 Å². The van der Waals surface area contributed by atoms with Crippen LogP contribution in [0.15, 0.2) is 35.3 Å². The predicted molar refractivity (Wildman–Crippen MR) is 126 cm³/mol. The summed E-state index contributed by atoms with van der Waals surface area (Å²) in [6.45, 7) is 0.101. The molecular formula is C23H20Cl2F4N4O4. The summed E-state index contributed by atoms with van der Waals surface area (Å²) in [7, 11) is 0. The summed E-state index contributed by atoms with van der Waals surface area (Å²) in [4.78, 5) is 40.2. The van der Waals surface area contributed by atoms with Gasteiger partial charge in [0.1, 0.15) is 16.5 Å². The van der Waals surface area contributed by atoms with Gasteiger partial charge in [-0.15, -0.1) is 0 Å². The van der Waals surface area contributed by atoms with Gasteiger partial charge in [-0.3, -0.25) is 19.7 Å². The highest BCUT2D eigenvalue weighted by Crippen LogP contribution is 2.28. The summed E-state index contributed by atoms with van der Waals surface area (Å²) in [6.07, 6.45) is -4.50. The Kier molecular flexibility index (Phi) is 7.54. The molecule has 0 saturated carbocycles. The van der Waals surface area contributed by atoms with Gasteiger partial charge in [-0.2, -0.15) is 13.2 Å². The number of hydrogen-bond donors (Lipinski definition) is 2. The number of H-pyrrole nitrogens is 1. The number of halogens is 6. The Morgan fingerprint density at radius 2 is 1.97 bits per heavy atom. The van der Waals surface area contributed by atoms with E-state index >= 15 is 0 Å². The van der Waals surface area contributed by atoms with Crippen molar-refractivity contribution in [2.75, 3.05) is 13.1 Å². The zero-order valence-corrected chi connectivity index (χ0v) is 20.5. The lowest BCUT2D eigenvalue weighted by atomic mass is 9.95. The molecule has 2 atom stereocenters. The number of benzene rings is 1. The van der Waals surface area contributed by atoms with E-state index < -0.39 is 41.6 Å². The molecule has 1 saturated heterocycles. The first-order valence-electron chi connectivity index (χ1n) is 11.0. The first-order chi connectivity index (χ1) is 17.4. The maximum atomic E-state index is 14.7. The van der Waals surface area contributed by atoms with Crippen molar-refractivity contribution in [2.45, 2.75) is 31.7 Å². The molecule has 8 nitrogen and oxygen atoms in total. The van der Waals surface area contributed by atoms with Crippen LogP contribution in [0.25, 0.3) is 5.52 Å². The molecule has 1 aliphatic rings. The normalized spacial score (nSPS) is 17.2. The Morgan fingerprint density at radius 3 is 2.68 bits per heavy atom. The average molecular weight is 563 g/mol. The minimum Gasteiger partial charge on any atom is -0.440 e. The number of amides is 1. The van der Waals surface area contributed by atoms with Gasteiger partial charge in [0.05, 0.1) is 10.6 Å². The van der Waals surface area contributed by atoms with E-state index in [1.54, 1.807) is 0 Å². The predicted octanol–water partition coefficient (Wildman–Crippen LogP) is 3.91. The molecule has 3 aromatic rings. The monoisotopic (exact) mass is 562 g/mol. The number of nitrogens with zero attached hydrogens (tertiary/aromatic N) is 2. The first-order valence-corrected chi connectivity index (χ1v) is 11.8. The molecule has 0 aliphatic carbocycles. The zero-order valence-electron chi connectivity index (χ0n) is 18.9. The summed E-state index contributed by atoms with van der Waals surface area (Å²) in [5, 5.41) is 0.298. The quantitative estimate of drug-likeness (QED) is 0.278. The summed E-state index contributed by atoms with van der Waals surface area (Å²) >= 11 is 12.3. The van der Waals surface area contributed by atoms with Crippen LogP contribution in [0, 0.1) is 11.7 Å². The van der Waals surface area contributed by atoms with E-state index in [2.05, 4.69) is 9.72 Å². The van der Waals surface area contributed by atoms with E-state index in [4.69, 9.17) is 28.9 Å². The smallest absolute Gasteiger partial charge is 0.440 e. The van der Waals surface area contributed by atoms with E-state index in [1.165, 1.54) is 33.7 Å². The minimum atomic E-state index is -5.20. The number of alkyl halides is 3. The standard InChI is InChI=1S/C23H20Cl2F4N4O4/c24-15-8-17-20(34)31-9-13(33(17)18(15)25)6-11-3-4-16(26)14(7-11)21(35)32-5-1-2-12(10-32)19(30)37-22(36)23(27,28)29/h3-4,7-9,12,19H,1-2,5-6,10,30H2,(H,31,34). The lowest BCUT2D eigenvalue weighted by Crippen LogP contribution is -2.48. The molecule has 3 N–H and O–H groups in total. The van der Waals surface area contributed by atoms with Crippen molar-refractivity contribution >= 4 is 40.6 Å². The Hall–Kier alpha value is -3.09. The van der Waals surface area contributed by atoms with Crippen LogP contribution < -0.4 is 11.3 Å². The van der Waals surface area contributed by atoms with Crippen LogP contribution >= 0.6 is 23.2 Å². The number of carbonyl (C=O) groups excluding carboxylic acids is 2. The highest BCUT2D eigenvalue weighted by Gasteiger charge is 2.43. The number of piperidine rings is 1. The molecule has 37 heavy (non-hydrogen) atoms. The number of nitrogens with two attached hydrogens (primary N) is 1. The third-order valence-electron chi connectivity index (χ3n) is 6.12. The fraction of sp³-hybridized carbons (Fsp3) is 0.348. The molecule has 2 unspecified atom stereocenters. The number of rotatable bonds is 5. The van der Waals surface area contributed by atoms with Crippen LogP contribution in [0.2, 0.25) is 10.2 Å². The van der Waals surface area contributed by atoms with E-state index in [0.29, 0.717) is 24.1 Å². The molecule has 1 amide bonds. The average Bonchev–Trinajstić information content (AvgIpc) is 3.16. The van der Waals surface area contributed by atoms with E-state index in [-0.39, 0.29) is 40.8 Å². The first kappa shape index (κ1) is 27.0. The molecule has 2 aromatic heterocycles. The third-order valence-corrected chi connectivity index (χ3v) is 6.88. The lowest BCUT2D eigenvalue weighted by Gasteiger charge is -2.35. The van der Waals surface area contributed by atoms with Crippen molar-refractivity contribution in [1.29, 1.82) is 0 Å². The van der Waals surface area contributed by atoms with Crippen LogP contribution in [0.3, 0.4) is 0 Å². The Morgan fingerprint density at radius 1 is 1.24 bits per heavy atom. The molecule has 0 radical (unpaired) electrons. The van der Waals surface area contributed by atoms with Crippen LogP contribution in [0.5, 0.6) is 0 Å². The number of aromatic nitrogens is 2. The summed E-state index contributed by atoms with van der Waals surface area (Å²) in [6, 6.07) is 5.34. The maximum Gasteiger partial charge on any atom is 0.490 e. The number of carbonyl (C=O) groups is 2. The third kappa shape index (κ3) is 5.60. The highest BCUT2D eigenvalue weighted by atomic mass is 35.5. The molecular weight excluding hydrogens is 543 g/mol. The number of aromatic amines is 1. The van der Waals surface area contributed by atoms with Gasteiger partial charge >= 0.3 is 12.1 Å². The van der Waals surface area contributed by atoms with Crippen molar-refractivity contribution < 1.29 is 31.9 Å². The SMILES string of the molecule is NC(OC(=O)C(F)(F)F)C1CCCN(C(=O)c2cc(Cc3c[nH]c(=O)c4cc(Cl)c(Cl)n34)ccc2F)C1. The molecule has 3 heterocycles. The second-order valence-electron chi connectivity index (χ2n) is 8.63. The van der Waals surface area contributed by atoms with Gasteiger partial charge < -0.3 is 14.6 Å². The molecule has 0 spiro atoms. The Bertz CT molecular complexity index is 1420. The lowest BCUT2D eigenvalue weighted by molar-refractivity contribution is -0.207. The van der Waals surface area contributed by atoms with Crippen LogP contribution in [0.4, 0.5) is 17.6 Å². The fourth-order valence-electron chi connectivity index (χ4n) is 4.30. The van der Waals surface area contributed by atoms with Crippen LogP contribution in [0.1, 0.15) is 34.5 Å². The molecule has 14 heteroatoms. The van der Waals surface area contributed by atoms with Crippen molar-refractivity contribution in [3.8, 4) is 0 Å². The number of fused-ring (bicyclic) bond motifs is 1. The molecule has 4 rings (SSSR count). The van der Waals surface area contributed by atoms with Crippen LogP contribution in [-0.2, 0) is 16.0 Å². The van der Waals surface area contributed by atoms with Gasteiger partial charge in [0.15, 0.2) is 6.23 Å². The number of esters is 1. The van der Waals surface area contributed by atoms with Crippen molar-refractivity contribution in [3.63, 3.8) is 0 Å². The number of hydrogen-bond acceptors (Lipinski definition) is 5. The van der Waals surface area contributed by atoms with Crippen molar-refractivity contribution in [2.24, 2.45) is 11.7 Å². The summed E-state index contributed by atoms with van der Waals surface area (Å²) in [5.41, 5.74) is 6.24. The van der Waals surface area contributed by atoms with Crippen LogP contribution in [-0.4, -0.2) is 51.7 Å². The van der Waals surface area contributed by atoms with Crippen molar-refractivity contribution in [1.82, 2.24) is 14.3 Å². The van der Waals surface area contributed by atoms with Gasteiger partial charge in [0, 0.05) is 37.3 Å². The topological polar surface area (TPSA) is 110 Å². The Balaban J connectivity index is 1.54. The molecule has 0 bridgehead atoms. The molecule has 1 fully saturated rings. The zero-order chi connectivity index (χ0) is 27.1. The fourth-order valence-corrected chi connectivity index (χ4v) is 4.74. The largest absolute Gasteiger partial charge is 0.490 e. The van der Waals surface area contributed by atoms with Gasteiger partial charge in [-0.25, -0.2) is 9.18 Å². The summed E-state index contributed by atoms with van der Waals surface area (Å²) < 4.78 is 58.0. The Labute approximate surface area is 216 Å². The van der Waals surface area contributed by atoms with Gasteiger partial charge in [-0.1, -0.05) is 29.3 Å². The minimum absolute atomic E-state index is 0.118. The van der Waals surface area contributed by atoms with Gasteiger partial charge in [0.2, 0.25) is 0 Å². The van der Waals surface area contributed by atoms with E-state index in [9.17, 15) is 31.9 Å². The second-order valence-corrected chi connectivity index (χ2v) is 9.39. The molecule has 1 aliphatic heterocycles. The number of likely N-dealkylation sites (tertiary alicyclic amines) is 1. The number of nitrogens with one attached hydrogen (secondary N) is 1.